The van der Waals surface area contributed by atoms with Gasteiger partial charge < -0.3 is 9.84 Å². The van der Waals surface area contributed by atoms with Crippen molar-refractivity contribution < 1.29 is 9.84 Å². The molecule has 1 atom stereocenters. The van der Waals surface area contributed by atoms with Crippen molar-refractivity contribution in [2.45, 2.75) is 33.3 Å². The lowest BCUT2D eigenvalue weighted by Crippen LogP contribution is -2.09. The number of nitrogens with zero attached hydrogens (tertiary/aromatic N) is 2. The van der Waals surface area contributed by atoms with E-state index in [-0.39, 0.29) is 0 Å². The maximum Gasteiger partial charge on any atom is 0.125 e. The molecule has 1 unspecified atom stereocenters. The summed E-state index contributed by atoms with van der Waals surface area (Å²) >= 11 is 0. The normalized spacial score (nSPS) is 12.2. The van der Waals surface area contributed by atoms with E-state index in [4.69, 9.17) is 4.74 Å². The van der Waals surface area contributed by atoms with E-state index in [2.05, 4.69) is 10.2 Å². The van der Waals surface area contributed by atoms with Gasteiger partial charge in [0.1, 0.15) is 11.9 Å². The highest BCUT2D eigenvalue weighted by molar-refractivity contribution is 5.43. The van der Waals surface area contributed by atoms with Crippen molar-refractivity contribution in [3.63, 3.8) is 0 Å². The Balaban J connectivity index is 2.53. The zero-order valence-corrected chi connectivity index (χ0v) is 12.3. The molecule has 0 spiro atoms. The van der Waals surface area contributed by atoms with Gasteiger partial charge in [-0.25, -0.2) is 0 Å². The quantitative estimate of drug-likeness (QED) is 0.929. The number of hydrogen-bond donors (Lipinski definition) is 1. The lowest BCUT2D eigenvalue weighted by molar-refractivity contribution is 0.212. The first-order valence-corrected chi connectivity index (χ1v) is 6.72. The number of methoxy groups -OCH3 is 1. The highest BCUT2D eigenvalue weighted by Gasteiger charge is 2.19. The Morgan fingerprint density at radius 3 is 2.55 bits per heavy atom. The summed E-state index contributed by atoms with van der Waals surface area (Å²) in [5.74, 6) is 0.680. The molecular weight excluding hydrogens is 252 g/mol. The fraction of sp³-hybridized carbons (Fsp3) is 0.375. The van der Waals surface area contributed by atoms with Crippen LogP contribution in [-0.4, -0.2) is 22.4 Å². The Kier molecular flexibility index (Phi) is 4.35. The molecule has 0 bridgehead atoms. The molecule has 0 amide bonds. The second-order valence-electron chi connectivity index (χ2n) is 4.89. The standard InChI is InChI=1S/C16H20N2O2/c1-5-14-12(9-11(3)17-18-14)16(19)13-8-10(2)6-7-15(13)20-4/h6-9,16,19H,5H2,1-4H3. The molecule has 106 valence electrons. The third-order valence-corrected chi connectivity index (χ3v) is 3.34. The molecule has 4 heteroatoms. The van der Waals surface area contributed by atoms with Crippen LogP contribution in [-0.2, 0) is 6.42 Å². The number of hydrogen-bond acceptors (Lipinski definition) is 4. The third-order valence-electron chi connectivity index (χ3n) is 3.34. The molecule has 1 heterocycles. The fourth-order valence-electron chi connectivity index (χ4n) is 2.28. The van der Waals surface area contributed by atoms with Gasteiger partial charge in [-0.3, -0.25) is 0 Å². The van der Waals surface area contributed by atoms with Crippen LogP contribution in [0.25, 0.3) is 0 Å². The van der Waals surface area contributed by atoms with Gasteiger partial charge in [-0.1, -0.05) is 18.6 Å². The molecule has 0 radical (unpaired) electrons. The van der Waals surface area contributed by atoms with E-state index in [1.165, 1.54) is 0 Å². The summed E-state index contributed by atoms with van der Waals surface area (Å²) in [5, 5.41) is 18.9. The van der Waals surface area contributed by atoms with E-state index in [1.54, 1.807) is 7.11 Å². The minimum absolute atomic E-state index is 0.680. The summed E-state index contributed by atoms with van der Waals surface area (Å²) in [7, 11) is 1.61. The van der Waals surface area contributed by atoms with Crippen LogP contribution in [0, 0.1) is 13.8 Å². The molecular formula is C16H20N2O2. The van der Waals surface area contributed by atoms with Crippen LogP contribution in [0.3, 0.4) is 0 Å². The lowest BCUT2D eigenvalue weighted by Gasteiger charge is -2.18. The zero-order valence-electron chi connectivity index (χ0n) is 12.3. The maximum atomic E-state index is 10.7. The van der Waals surface area contributed by atoms with E-state index in [9.17, 15) is 5.11 Å². The first kappa shape index (κ1) is 14.5. The summed E-state index contributed by atoms with van der Waals surface area (Å²) < 4.78 is 5.35. The van der Waals surface area contributed by atoms with Crippen LogP contribution < -0.4 is 4.74 Å². The first-order chi connectivity index (χ1) is 9.56. The predicted octanol–water partition coefficient (Wildman–Crippen LogP) is 2.75. The third kappa shape index (κ3) is 2.80. The van der Waals surface area contributed by atoms with Crippen molar-refractivity contribution in [3.8, 4) is 5.75 Å². The van der Waals surface area contributed by atoms with Gasteiger partial charge in [-0.05, 0) is 38.5 Å². The maximum absolute atomic E-state index is 10.7. The highest BCUT2D eigenvalue weighted by Crippen LogP contribution is 2.32. The van der Waals surface area contributed by atoms with Crippen molar-refractivity contribution in [2.24, 2.45) is 0 Å². The smallest absolute Gasteiger partial charge is 0.125 e. The minimum atomic E-state index is -0.756. The fourth-order valence-corrected chi connectivity index (χ4v) is 2.28. The van der Waals surface area contributed by atoms with Crippen molar-refractivity contribution in [1.82, 2.24) is 10.2 Å². The average molecular weight is 272 g/mol. The Bertz CT molecular complexity index is 558. The lowest BCUT2D eigenvalue weighted by atomic mass is 9.97. The van der Waals surface area contributed by atoms with Gasteiger partial charge in [0.2, 0.25) is 0 Å². The Labute approximate surface area is 119 Å². The SMILES string of the molecule is CCc1nnc(C)cc1C(O)c1cc(C)ccc1OC. The second kappa shape index (κ2) is 6.01. The summed E-state index contributed by atoms with van der Waals surface area (Å²) in [6, 6.07) is 7.67. The molecule has 0 saturated carbocycles. The van der Waals surface area contributed by atoms with Crippen LogP contribution in [0.1, 0.15) is 41.1 Å². The van der Waals surface area contributed by atoms with Crippen LogP contribution in [0.4, 0.5) is 0 Å². The Morgan fingerprint density at radius 2 is 1.90 bits per heavy atom. The van der Waals surface area contributed by atoms with Crippen LogP contribution in [0.15, 0.2) is 24.3 Å². The van der Waals surface area contributed by atoms with E-state index in [0.29, 0.717) is 5.75 Å². The van der Waals surface area contributed by atoms with Gasteiger partial charge in [0, 0.05) is 11.1 Å². The van der Waals surface area contributed by atoms with Crippen molar-refractivity contribution >= 4 is 0 Å². The van der Waals surface area contributed by atoms with Gasteiger partial charge >= 0.3 is 0 Å². The number of benzene rings is 1. The van der Waals surface area contributed by atoms with Crippen LogP contribution in [0.2, 0.25) is 0 Å². The molecule has 0 aliphatic rings. The Hall–Kier alpha value is -1.94. The van der Waals surface area contributed by atoms with Gasteiger partial charge in [0.15, 0.2) is 0 Å². The van der Waals surface area contributed by atoms with Gasteiger partial charge in [-0.15, -0.1) is 0 Å². The van der Waals surface area contributed by atoms with Crippen molar-refractivity contribution in [2.75, 3.05) is 7.11 Å². The minimum Gasteiger partial charge on any atom is -0.496 e. The number of aliphatic hydroxyl groups is 1. The number of aliphatic hydroxyl groups excluding tert-OH is 1. The molecule has 4 nitrogen and oxygen atoms in total. The summed E-state index contributed by atoms with van der Waals surface area (Å²) in [6.07, 6.45) is -0.0256. The van der Waals surface area contributed by atoms with Gasteiger partial charge in [0.05, 0.1) is 18.5 Å². The van der Waals surface area contributed by atoms with E-state index in [0.717, 1.165) is 34.5 Å². The molecule has 1 aromatic carbocycles. The molecule has 2 aromatic rings. The Morgan fingerprint density at radius 1 is 1.15 bits per heavy atom. The predicted molar refractivity (Wildman–Crippen MR) is 77.9 cm³/mol. The molecule has 20 heavy (non-hydrogen) atoms. The largest absolute Gasteiger partial charge is 0.496 e. The summed E-state index contributed by atoms with van der Waals surface area (Å²) in [5.41, 5.74) is 4.24. The van der Waals surface area contributed by atoms with Crippen molar-refractivity contribution in [3.05, 3.63) is 52.3 Å². The van der Waals surface area contributed by atoms with Gasteiger partial charge in [0.25, 0.3) is 0 Å². The molecule has 0 aliphatic heterocycles. The highest BCUT2D eigenvalue weighted by atomic mass is 16.5. The zero-order chi connectivity index (χ0) is 14.7. The number of rotatable bonds is 4. The number of aryl methyl sites for hydroxylation is 3. The van der Waals surface area contributed by atoms with E-state index >= 15 is 0 Å². The first-order valence-electron chi connectivity index (χ1n) is 6.72. The molecule has 0 fully saturated rings. The topological polar surface area (TPSA) is 55.2 Å². The van der Waals surface area contributed by atoms with E-state index in [1.807, 2.05) is 45.0 Å². The summed E-state index contributed by atoms with van der Waals surface area (Å²) in [4.78, 5) is 0. The summed E-state index contributed by atoms with van der Waals surface area (Å²) in [6.45, 7) is 5.87. The molecule has 0 saturated heterocycles. The molecule has 1 aromatic heterocycles. The average Bonchev–Trinajstić information content (AvgIpc) is 2.46. The van der Waals surface area contributed by atoms with Crippen LogP contribution >= 0.6 is 0 Å². The van der Waals surface area contributed by atoms with Gasteiger partial charge in [-0.2, -0.15) is 10.2 Å². The van der Waals surface area contributed by atoms with E-state index < -0.39 is 6.10 Å². The molecule has 0 aliphatic carbocycles. The monoisotopic (exact) mass is 272 g/mol. The van der Waals surface area contributed by atoms with Crippen molar-refractivity contribution in [1.29, 1.82) is 0 Å². The van der Waals surface area contributed by atoms with Crippen LogP contribution in [0.5, 0.6) is 5.75 Å². The molecule has 1 N–H and O–H groups in total. The number of ether oxygens (including phenoxy) is 1. The second-order valence-corrected chi connectivity index (χ2v) is 4.89. The number of aromatic nitrogens is 2. The molecule has 2 rings (SSSR count).